The van der Waals surface area contributed by atoms with Crippen molar-refractivity contribution in [2.75, 3.05) is 33.5 Å². The number of fused-ring (bicyclic) bond motifs is 1. The molecule has 2 aromatic rings. The van der Waals surface area contributed by atoms with Crippen LogP contribution in [0.25, 0.3) is 0 Å². The molecule has 25 heavy (non-hydrogen) atoms. The van der Waals surface area contributed by atoms with Crippen LogP contribution < -0.4 is 14.2 Å². The van der Waals surface area contributed by atoms with Crippen molar-refractivity contribution in [3.8, 4) is 17.2 Å². The normalized spacial score (nSPS) is 22.8. The third-order valence-electron chi connectivity index (χ3n) is 5.04. The third-order valence-corrected chi connectivity index (χ3v) is 5.04. The molecule has 1 fully saturated rings. The van der Waals surface area contributed by atoms with Gasteiger partial charge in [0, 0.05) is 18.5 Å². The highest BCUT2D eigenvalue weighted by molar-refractivity contribution is 5.46. The van der Waals surface area contributed by atoms with Crippen molar-refractivity contribution in [3.63, 3.8) is 0 Å². The lowest BCUT2D eigenvalue weighted by Gasteiger charge is -2.37. The van der Waals surface area contributed by atoms with E-state index in [1.165, 1.54) is 5.56 Å². The zero-order valence-corrected chi connectivity index (χ0v) is 14.3. The Labute approximate surface area is 147 Å². The van der Waals surface area contributed by atoms with Gasteiger partial charge < -0.3 is 19.1 Å². The van der Waals surface area contributed by atoms with E-state index in [2.05, 4.69) is 11.9 Å². The van der Waals surface area contributed by atoms with E-state index in [-0.39, 0.29) is 12.6 Å². The fraction of sp³-hybridized carbons (Fsp3) is 0.400. The first-order valence-electron chi connectivity index (χ1n) is 8.65. The Morgan fingerprint density at radius 1 is 1.12 bits per heavy atom. The maximum Gasteiger partial charge on any atom is 0.231 e. The number of rotatable bonds is 4. The van der Waals surface area contributed by atoms with Crippen LogP contribution in [0.4, 0.5) is 4.39 Å². The molecule has 5 heteroatoms. The molecule has 0 amide bonds. The standard InChI is InChI=1S/C20H22FNO3/c1-22-9-8-18(14-2-4-16(21)5-3-14)15(11-22)12-23-17-6-7-19-20(10-17)25-13-24-19/h2-7,10,15,18H,8-9,11-13H2,1H3/t15-,18-/m1/s1. The molecule has 2 aliphatic rings. The summed E-state index contributed by atoms with van der Waals surface area (Å²) in [4.78, 5) is 2.33. The monoisotopic (exact) mass is 343 g/mol. The largest absolute Gasteiger partial charge is 0.493 e. The molecular formula is C20H22FNO3. The van der Waals surface area contributed by atoms with Crippen LogP contribution >= 0.6 is 0 Å². The van der Waals surface area contributed by atoms with Gasteiger partial charge in [0.15, 0.2) is 11.5 Å². The molecule has 0 unspecified atom stereocenters. The minimum Gasteiger partial charge on any atom is -0.493 e. The molecule has 4 nitrogen and oxygen atoms in total. The molecule has 2 heterocycles. The summed E-state index contributed by atoms with van der Waals surface area (Å²) in [6, 6.07) is 12.6. The van der Waals surface area contributed by atoms with Crippen LogP contribution in [-0.2, 0) is 0 Å². The molecule has 132 valence electrons. The molecule has 0 saturated carbocycles. The highest BCUT2D eigenvalue weighted by Crippen LogP contribution is 2.37. The molecule has 0 bridgehead atoms. The Morgan fingerprint density at radius 3 is 2.76 bits per heavy atom. The number of hydrogen-bond donors (Lipinski definition) is 0. The fourth-order valence-corrected chi connectivity index (χ4v) is 3.70. The molecule has 1 saturated heterocycles. The number of halogens is 1. The number of ether oxygens (including phenoxy) is 3. The maximum atomic E-state index is 13.2. The molecule has 0 aromatic heterocycles. The summed E-state index contributed by atoms with van der Waals surface area (Å²) in [6.45, 7) is 2.89. The van der Waals surface area contributed by atoms with Crippen LogP contribution in [0, 0.1) is 11.7 Å². The molecule has 2 aromatic carbocycles. The first-order chi connectivity index (χ1) is 12.2. The van der Waals surface area contributed by atoms with E-state index in [0.29, 0.717) is 18.4 Å². The van der Waals surface area contributed by atoms with Crippen LogP contribution in [0.1, 0.15) is 17.9 Å². The average Bonchev–Trinajstić information content (AvgIpc) is 3.09. The molecule has 0 radical (unpaired) electrons. The van der Waals surface area contributed by atoms with E-state index in [9.17, 15) is 4.39 Å². The topological polar surface area (TPSA) is 30.9 Å². The van der Waals surface area contributed by atoms with Crippen molar-refractivity contribution >= 4 is 0 Å². The minimum atomic E-state index is -0.190. The van der Waals surface area contributed by atoms with Crippen LogP contribution in [0.15, 0.2) is 42.5 Å². The highest BCUT2D eigenvalue weighted by atomic mass is 19.1. The van der Waals surface area contributed by atoms with E-state index in [1.54, 1.807) is 12.1 Å². The minimum absolute atomic E-state index is 0.190. The van der Waals surface area contributed by atoms with E-state index < -0.39 is 0 Å². The first kappa shape index (κ1) is 16.2. The van der Waals surface area contributed by atoms with Gasteiger partial charge >= 0.3 is 0 Å². The van der Waals surface area contributed by atoms with Crippen molar-refractivity contribution in [1.82, 2.24) is 4.90 Å². The van der Waals surface area contributed by atoms with Crippen molar-refractivity contribution in [3.05, 3.63) is 53.8 Å². The van der Waals surface area contributed by atoms with E-state index in [0.717, 1.165) is 36.8 Å². The zero-order chi connectivity index (χ0) is 17.2. The van der Waals surface area contributed by atoms with Gasteiger partial charge in [-0.15, -0.1) is 0 Å². The fourth-order valence-electron chi connectivity index (χ4n) is 3.70. The molecule has 4 rings (SSSR count). The Kier molecular flexibility index (Phi) is 4.49. The summed E-state index contributed by atoms with van der Waals surface area (Å²) in [5, 5.41) is 0. The van der Waals surface area contributed by atoms with Gasteiger partial charge in [-0.25, -0.2) is 4.39 Å². The second kappa shape index (κ2) is 6.92. The number of piperidine rings is 1. The van der Waals surface area contributed by atoms with E-state index in [1.807, 2.05) is 30.3 Å². The van der Waals surface area contributed by atoms with Crippen molar-refractivity contribution < 1.29 is 18.6 Å². The van der Waals surface area contributed by atoms with Crippen molar-refractivity contribution in [2.24, 2.45) is 5.92 Å². The highest BCUT2D eigenvalue weighted by Gasteiger charge is 2.29. The quantitative estimate of drug-likeness (QED) is 0.848. The Balaban J connectivity index is 1.47. The Morgan fingerprint density at radius 2 is 1.92 bits per heavy atom. The van der Waals surface area contributed by atoms with Gasteiger partial charge in [0.25, 0.3) is 0 Å². The molecular weight excluding hydrogens is 321 g/mol. The Hall–Kier alpha value is -2.27. The summed E-state index contributed by atoms with van der Waals surface area (Å²) < 4.78 is 30.0. The van der Waals surface area contributed by atoms with E-state index in [4.69, 9.17) is 14.2 Å². The second-order valence-electron chi connectivity index (χ2n) is 6.80. The van der Waals surface area contributed by atoms with Crippen molar-refractivity contribution in [2.45, 2.75) is 12.3 Å². The number of hydrogen-bond acceptors (Lipinski definition) is 4. The van der Waals surface area contributed by atoms with Gasteiger partial charge in [0.05, 0.1) is 6.61 Å². The van der Waals surface area contributed by atoms with Gasteiger partial charge in [0.1, 0.15) is 11.6 Å². The first-order valence-corrected chi connectivity index (χ1v) is 8.65. The van der Waals surface area contributed by atoms with Gasteiger partial charge in [-0.1, -0.05) is 12.1 Å². The van der Waals surface area contributed by atoms with E-state index >= 15 is 0 Å². The molecule has 0 aliphatic carbocycles. The third kappa shape index (κ3) is 3.56. The predicted octanol–water partition coefficient (Wildman–Crippen LogP) is 3.67. The Bertz CT molecular complexity index is 734. The number of nitrogens with zero attached hydrogens (tertiary/aromatic N) is 1. The van der Waals surface area contributed by atoms with Crippen LogP contribution in [0.5, 0.6) is 17.2 Å². The summed E-state index contributed by atoms with van der Waals surface area (Å²) in [6.07, 6.45) is 1.05. The van der Waals surface area contributed by atoms with Crippen LogP contribution in [0.3, 0.4) is 0 Å². The van der Waals surface area contributed by atoms with Crippen LogP contribution in [0.2, 0.25) is 0 Å². The van der Waals surface area contributed by atoms with Gasteiger partial charge in [0.2, 0.25) is 6.79 Å². The lowest BCUT2D eigenvalue weighted by molar-refractivity contribution is 0.129. The average molecular weight is 343 g/mol. The molecule has 0 spiro atoms. The SMILES string of the molecule is CN1CC[C@H](c2ccc(F)cc2)[C@@H](COc2ccc3c(c2)OCO3)C1. The predicted molar refractivity (Wildman–Crippen MR) is 92.8 cm³/mol. The summed E-state index contributed by atoms with van der Waals surface area (Å²) in [5.41, 5.74) is 1.19. The smallest absolute Gasteiger partial charge is 0.231 e. The maximum absolute atomic E-state index is 13.2. The second-order valence-corrected chi connectivity index (χ2v) is 6.80. The zero-order valence-electron chi connectivity index (χ0n) is 14.3. The molecule has 0 N–H and O–H groups in total. The lowest BCUT2D eigenvalue weighted by atomic mass is 9.81. The molecule has 2 aliphatic heterocycles. The van der Waals surface area contributed by atoms with Gasteiger partial charge in [-0.2, -0.15) is 0 Å². The summed E-state index contributed by atoms with van der Waals surface area (Å²) in [7, 11) is 2.13. The summed E-state index contributed by atoms with van der Waals surface area (Å²) >= 11 is 0. The number of likely N-dealkylation sites (tertiary alicyclic amines) is 1. The molecule has 2 atom stereocenters. The van der Waals surface area contributed by atoms with Gasteiger partial charge in [-0.3, -0.25) is 0 Å². The lowest BCUT2D eigenvalue weighted by Crippen LogP contribution is -2.39. The van der Waals surface area contributed by atoms with Crippen molar-refractivity contribution in [1.29, 1.82) is 0 Å². The summed E-state index contributed by atoms with van der Waals surface area (Å²) in [5.74, 6) is 2.82. The number of benzene rings is 2. The van der Waals surface area contributed by atoms with Gasteiger partial charge in [-0.05, 0) is 55.8 Å². The van der Waals surface area contributed by atoms with Crippen LogP contribution in [-0.4, -0.2) is 38.4 Å².